The number of aromatic nitrogens is 4. The van der Waals surface area contributed by atoms with Gasteiger partial charge in [-0.3, -0.25) is 9.36 Å². The van der Waals surface area contributed by atoms with E-state index >= 15 is 0 Å². The van der Waals surface area contributed by atoms with Crippen molar-refractivity contribution in [3.63, 3.8) is 0 Å². The van der Waals surface area contributed by atoms with Crippen molar-refractivity contribution in [3.05, 3.63) is 79.1 Å². The number of benzene rings is 2. The lowest BCUT2D eigenvalue weighted by molar-refractivity contribution is -0.118. The van der Waals surface area contributed by atoms with Crippen LogP contribution in [-0.2, 0) is 4.79 Å². The minimum atomic E-state index is -0.291. The average molecular weight is 431 g/mol. The summed E-state index contributed by atoms with van der Waals surface area (Å²) in [5, 5.41) is 2.78. The number of nitrogens with zero attached hydrogens (tertiary/aromatic N) is 4. The van der Waals surface area contributed by atoms with Crippen molar-refractivity contribution < 1.29 is 19.0 Å². The highest BCUT2D eigenvalue weighted by Crippen LogP contribution is 2.26. The summed E-state index contributed by atoms with van der Waals surface area (Å²) >= 11 is 0. The van der Waals surface area contributed by atoms with Gasteiger partial charge in [0.15, 0.2) is 18.1 Å². The van der Waals surface area contributed by atoms with Crippen LogP contribution in [-0.4, -0.2) is 39.1 Å². The van der Waals surface area contributed by atoms with Crippen LogP contribution in [0.3, 0.4) is 0 Å². The van der Waals surface area contributed by atoms with Crippen LogP contribution in [0.5, 0.6) is 23.1 Å². The Morgan fingerprint density at radius 1 is 1.03 bits per heavy atom. The van der Waals surface area contributed by atoms with E-state index in [4.69, 9.17) is 14.2 Å². The van der Waals surface area contributed by atoms with Gasteiger partial charge in [-0.05, 0) is 43.3 Å². The SMILES string of the molecule is COc1ccccc1OCC(=O)Nc1ccc(Oc2cc(-n3ccnc3C)ncn2)cc1. The molecule has 0 saturated carbocycles. The van der Waals surface area contributed by atoms with Crippen molar-refractivity contribution in [3.8, 4) is 28.9 Å². The third kappa shape index (κ3) is 5.01. The molecule has 4 rings (SSSR count). The van der Waals surface area contributed by atoms with Crippen LogP contribution in [0.1, 0.15) is 5.82 Å². The summed E-state index contributed by atoms with van der Waals surface area (Å²) in [6.45, 7) is 1.74. The zero-order chi connectivity index (χ0) is 22.3. The zero-order valence-electron chi connectivity index (χ0n) is 17.6. The molecule has 162 valence electrons. The molecule has 2 aromatic heterocycles. The van der Waals surface area contributed by atoms with Gasteiger partial charge < -0.3 is 19.5 Å². The highest BCUT2D eigenvalue weighted by atomic mass is 16.5. The third-order valence-corrected chi connectivity index (χ3v) is 4.49. The Bertz CT molecular complexity index is 1210. The number of amides is 1. The van der Waals surface area contributed by atoms with Crippen molar-refractivity contribution in [1.82, 2.24) is 19.5 Å². The molecule has 0 aliphatic heterocycles. The van der Waals surface area contributed by atoms with E-state index in [9.17, 15) is 4.79 Å². The molecule has 2 heterocycles. The quantitative estimate of drug-likeness (QED) is 0.453. The van der Waals surface area contributed by atoms with Gasteiger partial charge in [0.1, 0.15) is 23.7 Å². The summed E-state index contributed by atoms with van der Waals surface area (Å²) in [6.07, 6.45) is 4.95. The fourth-order valence-electron chi connectivity index (χ4n) is 2.94. The number of rotatable bonds is 8. The fourth-order valence-corrected chi connectivity index (χ4v) is 2.94. The molecule has 32 heavy (non-hydrogen) atoms. The summed E-state index contributed by atoms with van der Waals surface area (Å²) in [5.41, 5.74) is 0.614. The van der Waals surface area contributed by atoms with Crippen molar-refractivity contribution in [1.29, 1.82) is 0 Å². The maximum absolute atomic E-state index is 12.2. The Morgan fingerprint density at radius 3 is 2.53 bits per heavy atom. The van der Waals surface area contributed by atoms with Gasteiger partial charge in [0.05, 0.1) is 7.11 Å². The largest absolute Gasteiger partial charge is 0.493 e. The molecule has 1 amide bonds. The molecular weight excluding hydrogens is 410 g/mol. The van der Waals surface area contributed by atoms with Crippen LogP contribution in [0, 0.1) is 6.92 Å². The van der Waals surface area contributed by atoms with Crippen LogP contribution < -0.4 is 19.5 Å². The second kappa shape index (κ2) is 9.61. The molecule has 9 nitrogen and oxygen atoms in total. The predicted octanol–water partition coefficient (Wildman–Crippen LogP) is 3.79. The van der Waals surface area contributed by atoms with E-state index < -0.39 is 0 Å². The Labute approximate surface area is 184 Å². The van der Waals surface area contributed by atoms with E-state index in [-0.39, 0.29) is 12.5 Å². The van der Waals surface area contributed by atoms with Gasteiger partial charge in [-0.2, -0.15) is 0 Å². The third-order valence-electron chi connectivity index (χ3n) is 4.49. The van der Waals surface area contributed by atoms with Gasteiger partial charge in [-0.25, -0.2) is 15.0 Å². The number of nitrogens with one attached hydrogen (secondary N) is 1. The number of methoxy groups -OCH3 is 1. The van der Waals surface area contributed by atoms with Gasteiger partial charge in [-0.15, -0.1) is 0 Å². The zero-order valence-corrected chi connectivity index (χ0v) is 17.6. The molecule has 0 fully saturated rings. The smallest absolute Gasteiger partial charge is 0.262 e. The fraction of sp³-hybridized carbons (Fsp3) is 0.130. The number of aryl methyl sites for hydroxylation is 1. The second-order valence-electron chi connectivity index (χ2n) is 6.67. The van der Waals surface area contributed by atoms with Crippen molar-refractivity contribution in [2.45, 2.75) is 6.92 Å². The van der Waals surface area contributed by atoms with Crippen LogP contribution in [0.2, 0.25) is 0 Å². The number of para-hydroxylation sites is 2. The van der Waals surface area contributed by atoms with Gasteiger partial charge in [0, 0.05) is 24.1 Å². The summed E-state index contributed by atoms with van der Waals surface area (Å²) in [7, 11) is 1.55. The van der Waals surface area contributed by atoms with E-state index in [0.29, 0.717) is 34.6 Å². The lowest BCUT2D eigenvalue weighted by Gasteiger charge is -2.11. The van der Waals surface area contributed by atoms with Gasteiger partial charge >= 0.3 is 0 Å². The second-order valence-corrected chi connectivity index (χ2v) is 6.67. The Morgan fingerprint density at radius 2 is 1.81 bits per heavy atom. The van der Waals surface area contributed by atoms with E-state index in [1.807, 2.05) is 29.8 Å². The first-order valence-corrected chi connectivity index (χ1v) is 9.78. The maximum Gasteiger partial charge on any atom is 0.262 e. The highest BCUT2D eigenvalue weighted by Gasteiger charge is 2.09. The lowest BCUT2D eigenvalue weighted by atomic mass is 10.3. The molecule has 0 aliphatic rings. The Hall–Kier alpha value is -4.40. The molecule has 0 saturated heterocycles. The monoisotopic (exact) mass is 431 g/mol. The molecule has 4 aromatic rings. The standard InChI is InChI=1S/C23H21N5O4/c1-16-24-11-12-28(16)21-13-23(26-15-25-21)32-18-9-7-17(8-10-18)27-22(29)14-31-20-6-4-3-5-19(20)30-2/h3-13,15H,14H2,1-2H3,(H,27,29). The number of anilines is 1. The molecule has 2 aromatic carbocycles. The van der Waals surface area contributed by atoms with Gasteiger partial charge in [0.25, 0.3) is 5.91 Å². The molecule has 0 unspecified atom stereocenters. The van der Waals surface area contributed by atoms with Crippen molar-refractivity contribution >= 4 is 11.6 Å². The average Bonchev–Trinajstić information content (AvgIpc) is 3.25. The summed E-state index contributed by atoms with van der Waals surface area (Å²) in [5.74, 6) is 3.21. The minimum Gasteiger partial charge on any atom is -0.493 e. The van der Waals surface area contributed by atoms with Gasteiger partial charge in [-0.1, -0.05) is 12.1 Å². The van der Waals surface area contributed by atoms with Crippen LogP contribution in [0.15, 0.2) is 73.3 Å². The topological polar surface area (TPSA) is 100 Å². The first kappa shape index (κ1) is 20.9. The molecule has 0 spiro atoms. The normalized spacial score (nSPS) is 10.4. The first-order valence-electron chi connectivity index (χ1n) is 9.78. The highest BCUT2D eigenvalue weighted by molar-refractivity contribution is 5.91. The number of hydrogen-bond donors (Lipinski definition) is 1. The Kier molecular flexibility index (Phi) is 6.26. The van der Waals surface area contributed by atoms with Crippen LogP contribution in [0.25, 0.3) is 5.82 Å². The van der Waals surface area contributed by atoms with E-state index in [0.717, 1.165) is 5.82 Å². The molecule has 9 heteroatoms. The number of imidazole rings is 1. The summed E-state index contributed by atoms with van der Waals surface area (Å²) in [4.78, 5) is 24.8. The van der Waals surface area contributed by atoms with Crippen LogP contribution in [0.4, 0.5) is 5.69 Å². The first-order chi connectivity index (χ1) is 15.6. The molecule has 1 N–H and O–H groups in total. The predicted molar refractivity (Wildman–Crippen MR) is 118 cm³/mol. The van der Waals surface area contributed by atoms with Crippen molar-refractivity contribution in [2.75, 3.05) is 19.0 Å². The summed E-state index contributed by atoms with van der Waals surface area (Å²) in [6, 6.07) is 15.8. The maximum atomic E-state index is 12.2. The number of carbonyl (C=O) groups excluding carboxylic acids is 1. The molecule has 0 radical (unpaired) electrons. The molecule has 0 atom stereocenters. The minimum absolute atomic E-state index is 0.143. The Balaban J connectivity index is 1.34. The van der Waals surface area contributed by atoms with Crippen molar-refractivity contribution in [2.24, 2.45) is 0 Å². The van der Waals surface area contributed by atoms with E-state index in [1.54, 1.807) is 55.8 Å². The van der Waals surface area contributed by atoms with E-state index in [1.165, 1.54) is 6.33 Å². The van der Waals surface area contributed by atoms with E-state index in [2.05, 4.69) is 20.3 Å². The molecule has 0 aliphatic carbocycles. The summed E-state index contributed by atoms with van der Waals surface area (Å²) < 4.78 is 18.4. The van der Waals surface area contributed by atoms with Gasteiger partial charge in [0.2, 0.25) is 5.88 Å². The molecular formula is C23H21N5O4. The van der Waals surface area contributed by atoms with Crippen LogP contribution >= 0.6 is 0 Å². The number of ether oxygens (including phenoxy) is 3. The lowest BCUT2D eigenvalue weighted by Crippen LogP contribution is -2.20. The molecule has 0 bridgehead atoms. The number of carbonyl (C=O) groups is 1. The number of hydrogen-bond acceptors (Lipinski definition) is 7.